The van der Waals surface area contributed by atoms with Gasteiger partial charge in [-0.15, -0.1) is 0 Å². The molecule has 3 unspecified atom stereocenters. The molecule has 1 aliphatic heterocycles. The van der Waals surface area contributed by atoms with E-state index in [0.717, 1.165) is 23.5 Å². The van der Waals surface area contributed by atoms with E-state index < -0.39 is 28.4 Å². The van der Waals surface area contributed by atoms with E-state index in [1.165, 1.54) is 0 Å². The van der Waals surface area contributed by atoms with Gasteiger partial charge >= 0.3 is 11.9 Å². The van der Waals surface area contributed by atoms with Gasteiger partial charge < -0.3 is 20.1 Å². The maximum absolute atomic E-state index is 12.0. The van der Waals surface area contributed by atoms with Gasteiger partial charge in [0.2, 0.25) is 0 Å². The number of carboxylic acid groups (broad SMARTS) is 1. The Hall–Kier alpha value is -0.700. The third-order valence-corrected chi connectivity index (χ3v) is 5.31. The van der Waals surface area contributed by atoms with Crippen LogP contribution in [0.5, 0.6) is 0 Å². The number of hydrogen-bond donors (Lipinski definition) is 3. The van der Waals surface area contributed by atoms with E-state index >= 15 is 0 Å². The zero-order valence-electron chi connectivity index (χ0n) is 11.4. The summed E-state index contributed by atoms with van der Waals surface area (Å²) in [4.78, 5) is 23.2. The number of ether oxygens (including phenoxy) is 1. The molecule has 3 atom stereocenters. The van der Waals surface area contributed by atoms with Crippen molar-refractivity contribution in [3.63, 3.8) is 0 Å². The summed E-state index contributed by atoms with van der Waals surface area (Å²) < 4.78 is 5.27. The van der Waals surface area contributed by atoms with Crippen LogP contribution >= 0.6 is 23.5 Å². The van der Waals surface area contributed by atoms with Crippen molar-refractivity contribution in [1.29, 1.82) is 0 Å². The van der Waals surface area contributed by atoms with Gasteiger partial charge in [0.15, 0.2) is 5.57 Å². The number of carbonyl (C=O) groups is 2. The van der Waals surface area contributed by atoms with Crippen LogP contribution in [0.1, 0.15) is 27.2 Å². The fourth-order valence-electron chi connectivity index (χ4n) is 1.63. The molecule has 114 valence electrons. The van der Waals surface area contributed by atoms with Gasteiger partial charge in [0, 0.05) is 0 Å². The second-order valence-corrected chi connectivity index (χ2v) is 7.09. The van der Waals surface area contributed by atoms with Crippen LogP contribution in [0.3, 0.4) is 0 Å². The number of thioether (sulfide) groups is 2. The summed E-state index contributed by atoms with van der Waals surface area (Å²) in [6, 6.07) is 0. The van der Waals surface area contributed by atoms with Crippen molar-refractivity contribution in [1.82, 2.24) is 0 Å². The molecule has 1 rings (SSSR count). The van der Waals surface area contributed by atoms with Crippen molar-refractivity contribution in [2.45, 2.75) is 44.2 Å². The first-order valence-corrected chi connectivity index (χ1v) is 7.91. The van der Waals surface area contributed by atoms with Crippen LogP contribution < -0.4 is 0 Å². The lowest BCUT2D eigenvalue weighted by molar-refractivity contribution is -0.150. The summed E-state index contributed by atoms with van der Waals surface area (Å²) in [6.45, 7) is 5.60. The van der Waals surface area contributed by atoms with Crippen LogP contribution in [0, 0.1) is 5.92 Å². The average Bonchev–Trinajstić information content (AvgIpc) is 2.65. The molecule has 0 spiro atoms. The van der Waals surface area contributed by atoms with Gasteiger partial charge in [-0.1, -0.05) is 44.3 Å². The van der Waals surface area contributed by atoms with Gasteiger partial charge in [0.1, 0.15) is 17.0 Å². The Morgan fingerprint density at radius 1 is 1.25 bits per heavy atom. The first-order valence-electron chi connectivity index (χ1n) is 6.15. The fourth-order valence-corrected chi connectivity index (χ4v) is 4.02. The predicted molar refractivity (Wildman–Crippen MR) is 76.9 cm³/mol. The summed E-state index contributed by atoms with van der Waals surface area (Å²) in [5, 5.41) is 28.0. The van der Waals surface area contributed by atoms with E-state index in [2.05, 4.69) is 0 Å². The molecule has 0 aliphatic carbocycles. The molecule has 1 aliphatic rings. The van der Waals surface area contributed by atoms with Gasteiger partial charge in [-0.25, -0.2) is 9.59 Å². The van der Waals surface area contributed by atoms with E-state index in [0.29, 0.717) is 6.42 Å². The van der Waals surface area contributed by atoms with E-state index in [1.54, 1.807) is 0 Å². The molecule has 1 saturated heterocycles. The second-order valence-electron chi connectivity index (χ2n) is 4.58. The highest BCUT2D eigenvalue weighted by molar-refractivity contribution is 8.25. The molecule has 6 nitrogen and oxygen atoms in total. The zero-order valence-corrected chi connectivity index (χ0v) is 13.0. The third-order valence-electron chi connectivity index (χ3n) is 2.73. The summed E-state index contributed by atoms with van der Waals surface area (Å²) in [5.74, 6) is -2.29. The number of aliphatic hydroxyl groups is 2. The molecule has 0 saturated carbocycles. The minimum Gasteiger partial charge on any atom is -0.477 e. The molecular formula is C12H18O6S2. The lowest BCUT2D eigenvalue weighted by Gasteiger charge is -2.20. The van der Waals surface area contributed by atoms with Gasteiger partial charge in [0.05, 0.1) is 4.24 Å². The molecule has 1 fully saturated rings. The lowest BCUT2D eigenvalue weighted by Crippen LogP contribution is -2.26. The van der Waals surface area contributed by atoms with Crippen molar-refractivity contribution in [3.8, 4) is 0 Å². The van der Waals surface area contributed by atoms with E-state index in [-0.39, 0.29) is 16.3 Å². The Morgan fingerprint density at radius 3 is 2.10 bits per heavy atom. The monoisotopic (exact) mass is 322 g/mol. The number of aliphatic carboxylic acids is 1. The van der Waals surface area contributed by atoms with Crippen molar-refractivity contribution in [2.75, 3.05) is 0 Å². The smallest absolute Gasteiger partial charge is 0.347 e. The molecule has 0 amide bonds. The van der Waals surface area contributed by atoms with Crippen LogP contribution in [0.4, 0.5) is 0 Å². The number of rotatable bonds is 5. The second kappa shape index (κ2) is 7.35. The highest BCUT2D eigenvalue weighted by Crippen LogP contribution is 2.46. The van der Waals surface area contributed by atoms with Crippen LogP contribution in [0.15, 0.2) is 9.81 Å². The summed E-state index contributed by atoms with van der Waals surface area (Å²) in [6.07, 6.45) is 0.209. The van der Waals surface area contributed by atoms with Gasteiger partial charge in [-0.05, 0) is 12.3 Å². The summed E-state index contributed by atoms with van der Waals surface area (Å²) >= 11 is 1.50. The molecule has 0 bridgehead atoms. The Bertz CT molecular complexity index is 408. The third kappa shape index (κ3) is 4.15. The number of esters is 1. The lowest BCUT2D eigenvalue weighted by atomic mass is 10.1. The first kappa shape index (κ1) is 17.4. The zero-order chi connectivity index (χ0) is 15.4. The molecule has 20 heavy (non-hydrogen) atoms. The molecule has 0 aromatic heterocycles. The standard InChI is InChI=1S/C12H18O6S2/c1-4-6(5(2)3)18-9(15)7(8(13)14)12-19-10(16)11(17)20-12/h5-6,10-11,16-17H,4H2,1-3H3,(H,13,14). The van der Waals surface area contributed by atoms with E-state index in [9.17, 15) is 19.8 Å². The number of carboxylic acids is 1. The fraction of sp³-hybridized carbons (Fsp3) is 0.667. The molecule has 1 heterocycles. The quantitative estimate of drug-likeness (QED) is 0.302. The number of aliphatic hydroxyl groups excluding tert-OH is 2. The molecule has 8 heteroatoms. The minimum atomic E-state index is -1.43. The van der Waals surface area contributed by atoms with Crippen molar-refractivity contribution in [3.05, 3.63) is 9.81 Å². The molecule has 0 aromatic carbocycles. The van der Waals surface area contributed by atoms with Crippen LogP contribution in [0.25, 0.3) is 0 Å². The number of carbonyl (C=O) groups excluding carboxylic acids is 1. The molecular weight excluding hydrogens is 304 g/mol. The van der Waals surface area contributed by atoms with Gasteiger partial charge in [0.25, 0.3) is 0 Å². The minimum absolute atomic E-state index is 0.0705. The van der Waals surface area contributed by atoms with Crippen LogP contribution in [0.2, 0.25) is 0 Å². The Balaban J connectivity index is 2.95. The van der Waals surface area contributed by atoms with Crippen molar-refractivity contribution >= 4 is 35.5 Å². The maximum atomic E-state index is 12.0. The molecule has 3 N–H and O–H groups in total. The van der Waals surface area contributed by atoms with Gasteiger partial charge in [-0.3, -0.25) is 0 Å². The first-order chi connectivity index (χ1) is 9.27. The normalized spacial score (nSPS) is 23.8. The number of hydrogen-bond acceptors (Lipinski definition) is 7. The largest absolute Gasteiger partial charge is 0.477 e. The van der Waals surface area contributed by atoms with E-state index in [4.69, 9.17) is 9.84 Å². The highest BCUT2D eigenvalue weighted by atomic mass is 32.2. The molecule has 0 radical (unpaired) electrons. The Kier molecular flexibility index (Phi) is 6.38. The Labute approximate surface area is 125 Å². The van der Waals surface area contributed by atoms with Gasteiger partial charge in [-0.2, -0.15) is 0 Å². The van der Waals surface area contributed by atoms with Crippen molar-refractivity contribution < 1.29 is 29.6 Å². The van der Waals surface area contributed by atoms with E-state index in [1.807, 2.05) is 20.8 Å². The molecule has 0 aromatic rings. The van der Waals surface area contributed by atoms with Crippen LogP contribution in [-0.2, 0) is 14.3 Å². The summed E-state index contributed by atoms with van der Waals surface area (Å²) in [7, 11) is 0. The summed E-state index contributed by atoms with van der Waals surface area (Å²) in [5.41, 5.74) is -2.83. The topological polar surface area (TPSA) is 104 Å². The van der Waals surface area contributed by atoms with Crippen LogP contribution in [-0.4, -0.2) is 44.2 Å². The predicted octanol–water partition coefficient (Wildman–Crippen LogP) is 1.38. The average molecular weight is 322 g/mol. The Morgan fingerprint density at radius 2 is 1.75 bits per heavy atom. The maximum Gasteiger partial charge on any atom is 0.347 e. The highest BCUT2D eigenvalue weighted by Gasteiger charge is 2.36. The van der Waals surface area contributed by atoms with Crippen molar-refractivity contribution in [2.24, 2.45) is 5.92 Å². The SMILES string of the molecule is CCC(OC(=O)C(C(=O)O)=C1SC(O)C(O)S1)C(C)C.